The van der Waals surface area contributed by atoms with E-state index in [2.05, 4.69) is 12.2 Å². The summed E-state index contributed by atoms with van der Waals surface area (Å²) in [5.74, 6) is -0.569. The number of methoxy groups -OCH3 is 1. The minimum absolute atomic E-state index is 0.216. The van der Waals surface area contributed by atoms with Gasteiger partial charge in [0.15, 0.2) is 0 Å². The van der Waals surface area contributed by atoms with E-state index < -0.39 is 11.5 Å². The second-order valence-corrected chi connectivity index (χ2v) is 8.06. The van der Waals surface area contributed by atoms with Gasteiger partial charge < -0.3 is 19.7 Å². The summed E-state index contributed by atoms with van der Waals surface area (Å²) in [5.41, 5.74) is 1.78. The van der Waals surface area contributed by atoms with E-state index in [4.69, 9.17) is 16.3 Å². The Morgan fingerprint density at radius 1 is 1.16 bits per heavy atom. The molecule has 0 radical (unpaired) electrons. The van der Waals surface area contributed by atoms with Crippen LogP contribution < -0.4 is 10.1 Å². The van der Waals surface area contributed by atoms with Gasteiger partial charge in [0.2, 0.25) is 0 Å². The first-order chi connectivity index (χ1) is 14.8. The Balaban J connectivity index is 2.02. The average molecular weight is 443 g/mol. The van der Waals surface area contributed by atoms with Gasteiger partial charge in [0.25, 0.3) is 5.91 Å². The number of amides is 1. The second-order valence-electron chi connectivity index (χ2n) is 7.65. The molecule has 6 nitrogen and oxygen atoms in total. The minimum atomic E-state index is -0.976. The fourth-order valence-electron chi connectivity index (χ4n) is 4.09. The van der Waals surface area contributed by atoms with Crippen LogP contribution in [-0.4, -0.2) is 28.7 Å². The molecular weight excluding hydrogens is 416 g/mol. The monoisotopic (exact) mass is 442 g/mol. The van der Waals surface area contributed by atoms with Crippen LogP contribution in [0.2, 0.25) is 5.02 Å². The first kappa shape index (κ1) is 22.7. The number of hydrogen-bond acceptors (Lipinski definition) is 3. The zero-order valence-electron chi connectivity index (χ0n) is 18.2. The Hall–Kier alpha value is -2.99. The van der Waals surface area contributed by atoms with Gasteiger partial charge in [-0.2, -0.15) is 0 Å². The summed E-state index contributed by atoms with van der Waals surface area (Å²) in [4.78, 5) is 24.6. The Morgan fingerprint density at radius 3 is 2.39 bits per heavy atom. The van der Waals surface area contributed by atoms with E-state index in [0.29, 0.717) is 22.9 Å². The molecular formula is C24H27ClN2O4. The number of nitrogens with one attached hydrogen (secondary N) is 1. The van der Waals surface area contributed by atoms with Gasteiger partial charge in [0.1, 0.15) is 11.4 Å². The summed E-state index contributed by atoms with van der Waals surface area (Å²) in [6.07, 6.45) is 2.24. The first-order valence-corrected chi connectivity index (χ1v) is 10.6. The van der Waals surface area contributed by atoms with Crippen molar-refractivity contribution in [3.05, 3.63) is 64.3 Å². The van der Waals surface area contributed by atoms with Gasteiger partial charge in [-0.15, -0.1) is 0 Å². The first-order valence-electron chi connectivity index (χ1n) is 10.3. The predicted molar refractivity (Wildman–Crippen MR) is 122 cm³/mol. The quantitative estimate of drug-likeness (QED) is 0.491. The Kier molecular flexibility index (Phi) is 6.60. The number of nitrogens with zero attached hydrogens (tertiary/aromatic N) is 1. The number of halogens is 1. The van der Waals surface area contributed by atoms with Crippen molar-refractivity contribution in [1.29, 1.82) is 0 Å². The lowest BCUT2D eigenvalue weighted by atomic mass is 9.82. The fraction of sp³-hybridized carbons (Fsp3) is 0.333. The molecule has 0 aliphatic carbocycles. The largest absolute Gasteiger partial charge is 0.497 e. The molecule has 1 aromatic heterocycles. The summed E-state index contributed by atoms with van der Waals surface area (Å²) in [6, 6.07) is 12.1. The summed E-state index contributed by atoms with van der Waals surface area (Å²) in [5, 5.41) is 13.7. The van der Waals surface area contributed by atoms with Crippen LogP contribution in [0.1, 0.15) is 59.5 Å². The molecule has 2 aromatic carbocycles. The van der Waals surface area contributed by atoms with Gasteiger partial charge in [0, 0.05) is 18.5 Å². The summed E-state index contributed by atoms with van der Waals surface area (Å²) in [7, 11) is 3.39. The number of ether oxygens (including phenoxy) is 1. The molecule has 31 heavy (non-hydrogen) atoms. The molecule has 0 aliphatic rings. The smallest absolute Gasteiger partial charge is 0.335 e. The van der Waals surface area contributed by atoms with Crippen molar-refractivity contribution in [3.8, 4) is 5.75 Å². The third-order valence-corrected chi connectivity index (χ3v) is 6.18. The van der Waals surface area contributed by atoms with E-state index in [1.165, 1.54) is 0 Å². The van der Waals surface area contributed by atoms with Gasteiger partial charge in [-0.1, -0.05) is 44.0 Å². The maximum absolute atomic E-state index is 13.4. The van der Waals surface area contributed by atoms with Crippen molar-refractivity contribution in [2.24, 2.45) is 7.05 Å². The van der Waals surface area contributed by atoms with Crippen LogP contribution in [-0.2, 0) is 12.6 Å². The number of carboxylic acids is 1. The molecule has 1 atom stereocenters. The molecule has 164 valence electrons. The number of rotatable bonds is 8. The summed E-state index contributed by atoms with van der Waals surface area (Å²) >= 11 is 6.40. The molecule has 0 saturated heterocycles. The molecule has 7 heteroatoms. The maximum Gasteiger partial charge on any atom is 0.335 e. The standard InChI is InChI=1S/C24H27ClN2O4/c1-5-11-24(6-2,16-9-7-15(8-10-16)23(29)30)26-22(28)21-14-18-19(25)12-17(31-4)13-20(18)27(21)3/h7-10,12-14H,5-6,11H2,1-4H3,(H,26,28)(H,29,30). The van der Waals surface area contributed by atoms with Crippen molar-refractivity contribution in [3.63, 3.8) is 0 Å². The molecule has 2 N–H and O–H groups in total. The minimum Gasteiger partial charge on any atom is -0.497 e. The normalized spacial score (nSPS) is 13.1. The zero-order chi connectivity index (χ0) is 22.8. The molecule has 1 amide bonds. The molecule has 0 fully saturated rings. The summed E-state index contributed by atoms with van der Waals surface area (Å²) < 4.78 is 7.11. The van der Waals surface area contributed by atoms with Crippen LogP contribution in [0.5, 0.6) is 5.75 Å². The number of hydrogen-bond donors (Lipinski definition) is 2. The van der Waals surface area contributed by atoms with Crippen molar-refractivity contribution in [2.45, 2.75) is 38.6 Å². The van der Waals surface area contributed by atoms with Crippen molar-refractivity contribution < 1.29 is 19.4 Å². The van der Waals surface area contributed by atoms with Crippen LogP contribution in [0, 0.1) is 0 Å². The van der Waals surface area contributed by atoms with Crippen molar-refractivity contribution >= 4 is 34.4 Å². The highest BCUT2D eigenvalue weighted by Gasteiger charge is 2.32. The zero-order valence-corrected chi connectivity index (χ0v) is 18.9. The van der Waals surface area contributed by atoms with Gasteiger partial charge in [-0.05, 0) is 42.7 Å². The number of fused-ring (bicyclic) bond motifs is 1. The number of aryl methyl sites for hydroxylation is 1. The van der Waals surface area contributed by atoms with E-state index in [0.717, 1.165) is 29.3 Å². The highest BCUT2D eigenvalue weighted by molar-refractivity contribution is 6.35. The number of benzene rings is 2. The van der Waals surface area contributed by atoms with E-state index in [1.54, 1.807) is 48.1 Å². The third-order valence-electron chi connectivity index (χ3n) is 5.87. The highest BCUT2D eigenvalue weighted by Crippen LogP contribution is 2.34. The Morgan fingerprint density at radius 2 is 1.84 bits per heavy atom. The highest BCUT2D eigenvalue weighted by atomic mass is 35.5. The van der Waals surface area contributed by atoms with Crippen LogP contribution in [0.25, 0.3) is 10.9 Å². The second kappa shape index (κ2) is 9.02. The maximum atomic E-state index is 13.4. The number of aromatic nitrogens is 1. The summed E-state index contributed by atoms with van der Waals surface area (Å²) in [6.45, 7) is 4.08. The van der Waals surface area contributed by atoms with Crippen molar-refractivity contribution in [2.75, 3.05) is 7.11 Å². The molecule has 0 saturated carbocycles. The fourth-order valence-corrected chi connectivity index (χ4v) is 4.35. The Labute approximate surface area is 186 Å². The molecule has 0 spiro atoms. The van der Waals surface area contributed by atoms with Crippen LogP contribution in [0.15, 0.2) is 42.5 Å². The van der Waals surface area contributed by atoms with Crippen LogP contribution in [0.3, 0.4) is 0 Å². The molecule has 1 unspecified atom stereocenters. The van der Waals surface area contributed by atoms with Gasteiger partial charge in [0.05, 0.1) is 28.8 Å². The lowest BCUT2D eigenvalue weighted by Crippen LogP contribution is -2.46. The predicted octanol–water partition coefficient (Wildman–Crippen LogP) is 5.37. The topological polar surface area (TPSA) is 80.6 Å². The van der Waals surface area contributed by atoms with E-state index in [1.807, 2.05) is 20.0 Å². The van der Waals surface area contributed by atoms with Gasteiger partial charge >= 0.3 is 5.97 Å². The van der Waals surface area contributed by atoms with E-state index in [-0.39, 0.29) is 11.5 Å². The third kappa shape index (κ3) is 4.26. The lowest BCUT2D eigenvalue weighted by Gasteiger charge is -2.34. The van der Waals surface area contributed by atoms with Crippen LogP contribution in [0.4, 0.5) is 0 Å². The lowest BCUT2D eigenvalue weighted by molar-refractivity contribution is 0.0696. The van der Waals surface area contributed by atoms with Crippen LogP contribution >= 0.6 is 11.6 Å². The molecule has 0 bridgehead atoms. The Bertz CT molecular complexity index is 1120. The van der Waals surface area contributed by atoms with E-state index >= 15 is 0 Å². The number of carbonyl (C=O) groups excluding carboxylic acids is 1. The number of carbonyl (C=O) groups is 2. The van der Waals surface area contributed by atoms with Gasteiger partial charge in [-0.25, -0.2) is 4.79 Å². The molecule has 3 rings (SSSR count). The van der Waals surface area contributed by atoms with E-state index in [9.17, 15) is 14.7 Å². The molecule has 0 aliphatic heterocycles. The van der Waals surface area contributed by atoms with Gasteiger partial charge in [-0.3, -0.25) is 4.79 Å². The average Bonchev–Trinajstić information content (AvgIpc) is 3.10. The number of aromatic carboxylic acids is 1. The van der Waals surface area contributed by atoms with Crippen molar-refractivity contribution in [1.82, 2.24) is 9.88 Å². The SMILES string of the molecule is CCCC(CC)(NC(=O)c1cc2c(Cl)cc(OC)cc2n1C)c1ccc(C(=O)O)cc1. The molecule has 3 aromatic rings. The molecule has 1 heterocycles. The number of carboxylic acid groups (broad SMARTS) is 1.